The van der Waals surface area contributed by atoms with Crippen molar-refractivity contribution in [1.29, 1.82) is 0 Å². The molecule has 3 rings (SSSR count). The van der Waals surface area contributed by atoms with E-state index in [2.05, 4.69) is 24.1 Å². The topological polar surface area (TPSA) is 58.6 Å². The highest BCUT2D eigenvalue weighted by molar-refractivity contribution is 5.89. The van der Waals surface area contributed by atoms with Gasteiger partial charge in [-0.1, -0.05) is 19.9 Å². The van der Waals surface area contributed by atoms with Gasteiger partial charge in [0.15, 0.2) is 0 Å². The lowest BCUT2D eigenvalue weighted by Crippen LogP contribution is -2.47. The number of esters is 1. The fraction of sp³-hybridized carbons (Fsp3) is 0.600. The number of carbonyl (C=O) groups is 2. The van der Waals surface area contributed by atoms with Gasteiger partial charge in [0.2, 0.25) is 5.91 Å². The van der Waals surface area contributed by atoms with Crippen molar-refractivity contribution in [2.75, 3.05) is 26.7 Å². The summed E-state index contributed by atoms with van der Waals surface area (Å²) in [4.78, 5) is 27.0. The highest BCUT2D eigenvalue weighted by Gasteiger charge is 2.36. The van der Waals surface area contributed by atoms with Crippen LogP contribution in [0.4, 0.5) is 0 Å². The minimum Gasteiger partial charge on any atom is -0.465 e. The van der Waals surface area contributed by atoms with Crippen molar-refractivity contribution >= 4 is 24.3 Å². The summed E-state index contributed by atoms with van der Waals surface area (Å²) in [5.74, 6) is 0.451. The molecule has 1 atom stereocenters. The van der Waals surface area contributed by atoms with Gasteiger partial charge < -0.3 is 15.0 Å². The Morgan fingerprint density at radius 1 is 1.23 bits per heavy atom. The Balaban J connectivity index is 0.00000243. The molecule has 0 saturated carbocycles. The molecule has 0 aromatic heterocycles. The molecule has 1 aromatic carbocycles. The van der Waals surface area contributed by atoms with Crippen LogP contribution in [-0.2, 0) is 16.0 Å². The minimum atomic E-state index is -0.308. The summed E-state index contributed by atoms with van der Waals surface area (Å²) < 4.78 is 4.83. The number of rotatable bonds is 3. The zero-order valence-corrected chi connectivity index (χ0v) is 16.6. The van der Waals surface area contributed by atoms with Crippen molar-refractivity contribution in [3.63, 3.8) is 0 Å². The number of nitrogens with one attached hydrogen (secondary N) is 1. The number of carbonyl (C=O) groups excluding carboxylic acids is 2. The van der Waals surface area contributed by atoms with E-state index >= 15 is 0 Å². The first kappa shape index (κ1) is 20.7. The van der Waals surface area contributed by atoms with Crippen LogP contribution in [-0.4, -0.2) is 43.5 Å². The van der Waals surface area contributed by atoms with Crippen LogP contribution in [0.25, 0.3) is 0 Å². The third-order valence-corrected chi connectivity index (χ3v) is 5.44. The second kappa shape index (κ2) is 8.87. The number of fused-ring (bicyclic) bond motifs is 1. The predicted octanol–water partition coefficient (Wildman–Crippen LogP) is 2.98. The lowest BCUT2D eigenvalue weighted by atomic mass is 9.84. The molecule has 0 spiro atoms. The van der Waals surface area contributed by atoms with Crippen LogP contribution in [0.5, 0.6) is 0 Å². The summed E-state index contributed by atoms with van der Waals surface area (Å²) in [7, 11) is 1.40. The quantitative estimate of drug-likeness (QED) is 0.819. The highest BCUT2D eigenvalue weighted by Crippen LogP contribution is 2.37. The molecule has 5 nitrogen and oxygen atoms in total. The number of piperidine rings is 1. The molecule has 1 unspecified atom stereocenters. The zero-order valence-electron chi connectivity index (χ0n) is 15.8. The first-order chi connectivity index (χ1) is 12.0. The maximum atomic E-state index is 13.1. The Hall–Kier alpha value is -1.59. The van der Waals surface area contributed by atoms with E-state index in [0.717, 1.165) is 44.5 Å². The van der Waals surface area contributed by atoms with Crippen molar-refractivity contribution < 1.29 is 14.3 Å². The number of methoxy groups -OCH3 is 1. The third kappa shape index (κ3) is 4.04. The Labute approximate surface area is 161 Å². The molecule has 0 bridgehead atoms. The largest absolute Gasteiger partial charge is 0.465 e. The predicted molar refractivity (Wildman–Crippen MR) is 104 cm³/mol. The highest BCUT2D eigenvalue weighted by atomic mass is 35.5. The van der Waals surface area contributed by atoms with Gasteiger partial charge in [-0.25, -0.2) is 4.79 Å². The van der Waals surface area contributed by atoms with E-state index in [1.54, 1.807) is 0 Å². The second-order valence-electron chi connectivity index (χ2n) is 7.40. The van der Waals surface area contributed by atoms with Crippen LogP contribution in [0, 0.1) is 11.8 Å². The van der Waals surface area contributed by atoms with E-state index in [-0.39, 0.29) is 30.3 Å². The van der Waals surface area contributed by atoms with E-state index < -0.39 is 0 Å². The molecule has 1 N–H and O–H groups in total. The second-order valence-corrected chi connectivity index (χ2v) is 7.40. The Morgan fingerprint density at radius 2 is 1.92 bits per heavy atom. The van der Waals surface area contributed by atoms with Gasteiger partial charge in [-0.15, -0.1) is 12.4 Å². The Bertz CT molecular complexity index is 656. The van der Waals surface area contributed by atoms with Gasteiger partial charge in [0.05, 0.1) is 18.7 Å². The molecule has 0 aliphatic carbocycles. The SMILES string of the molecule is COC(=O)c1ccc2c(c1)CCN(C(=O)C1CCNCC1)C2C(C)C.Cl. The molecule has 0 radical (unpaired) electrons. The van der Waals surface area contributed by atoms with Crippen LogP contribution < -0.4 is 5.32 Å². The van der Waals surface area contributed by atoms with Gasteiger partial charge in [-0.05, 0) is 61.5 Å². The van der Waals surface area contributed by atoms with E-state index in [9.17, 15) is 9.59 Å². The molecule has 1 fully saturated rings. The normalized spacial score (nSPS) is 20.3. The number of amides is 1. The standard InChI is InChI=1S/C20H28N2O3.ClH/c1-13(2)18-17-5-4-16(20(24)25-3)12-15(17)8-11-22(18)19(23)14-6-9-21-10-7-14;/h4-5,12-14,18,21H,6-11H2,1-3H3;1H. The smallest absolute Gasteiger partial charge is 0.337 e. The van der Waals surface area contributed by atoms with Crippen molar-refractivity contribution in [3.8, 4) is 0 Å². The van der Waals surface area contributed by atoms with Crippen LogP contribution >= 0.6 is 12.4 Å². The van der Waals surface area contributed by atoms with E-state index in [4.69, 9.17) is 4.74 Å². The van der Waals surface area contributed by atoms with Crippen molar-refractivity contribution in [2.45, 2.75) is 39.2 Å². The number of benzene rings is 1. The molecule has 2 aliphatic heterocycles. The van der Waals surface area contributed by atoms with E-state index in [1.807, 2.05) is 18.2 Å². The van der Waals surface area contributed by atoms with Crippen LogP contribution in [0.1, 0.15) is 54.2 Å². The average Bonchev–Trinajstić information content (AvgIpc) is 2.65. The minimum absolute atomic E-state index is 0. The molecule has 26 heavy (non-hydrogen) atoms. The number of halogens is 1. The van der Waals surface area contributed by atoms with Crippen LogP contribution in [0.15, 0.2) is 18.2 Å². The lowest BCUT2D eigenvalue weighted by Gasteiger charge is -2.42. The Kier molecular flexibility index (Phi) is 7.07. The molecular weight excluding hydrogens is 352 g/mol. The number of nitrogens with zero attached hydrogens (tertiary/aromatic N) is 1. The van der Waals surface area contributed by atoms with Gasteiger partial charge in [0.25, 0.3) is 0 Å². The van der Waals surface area contributed by atoms with Crippen molar-refractivity contribution in [1.82, 2.24) is 10.2 Å². The number of ether oxygens (including phenoxy) is 1. The van der Waals surface area contributed by atoms with Gasteiger partial charge in [-0.3, -0.25) is 4.79 Å². The molecule has 1 aromatic rings. The molecule has 1 saturated heterocycles. The van der Waals surface area contributed by atoms with Gasteiger partial charge in [0, 0.05) is 12.5 Å². The molecular formula is C20H29ClN2O3. The number of hydrogen-bond acceptors (Lipinski definition) is 4. The van der Waals surface area contributed by atoms with Crippen molar-refractivity contribution in [3.05, 3.63) is 34.9 Å². The third-order valence-electron chi connectivity index (χ3n) is 5.44. The summed E-state index contributed by atoms with van der Waals surface area (Å²) in [5, 5.41) is 3.33. The molecule has 2 aliphatic rings. The average molecular weight is 381 g/mol. The first-order valence-electron chi connectivity index (χ1n) is 9.25. The fourth-order valence-electron chi connectivity index (χ4n) is 4.17. The van der Waals surface area contributed by atoms with Crippen LogP contribution in [0.3, 0.4) is 0 Å². The molecule has 1 amide bonds. The van der Waals surface area contributed by atoms with E-state index in [1.165, 1.54) is 12.7 Å². The summed E-state index contributed by atoms with van der Waals surface area (Å²) >= 11 is 0. The van der Waals surface area contributed by atoms with Gasteiger partial charge in [0.1, 0.15) is 0 Å². The van der Waals surface area contributed by atoms with Crippen LogP contribution in [0.2, 0.25) is 0 Å². The summed E-state index contributed by atoms with van der Waals surface area (Å²) in [6, 6.07) is 5.84. The number of hydrogen-bond donors (Lipinski definition) is 1. The fourth-order valence-corrected chi connectivity index (χ4v) is 4.17. The Morgan fingerprint density at radius 3 is 2.54 bits per heavy atom. The summed E-state index contributed by atoms with van der Waals surface area (Å²) in [6.45, 7) is 6.90. The zero-order chi connectivity index (χ0) is 18.0. The molecule has 2 heterocycles. The van der Waals surface area contributed by atoms with Gasteiger partial charge >= 0.3 is 5.97 Å². The first-order valence-corrected chi connectivity index (χ1v) is 9.25. The maximum Gasteiger partial charge on any atom is 0.337 e. The van der Waals surface area contributed by atoms with E-state index in [0.29, 0.717) is 17.4 Å². The monoisotopic (exact) mass is 380 g/mol. The lowest BCUT2D eigenvalue weighted by molar-refractivity contribution is -0.140. The molecule has 144 valence electrons. The summed E-state index contributed by atoms with van der Waals surface area (Å²) in [6.07, 6.45) is 2.64. The van der Waals surface area contributed by atoms with Gasteiger partial charge in [-0.2, -0.15) is 0 Å². The molecule has 6 heteroatoms. The maximum absolute atomic E-state index is 13.1. The summed E-state index contributed by atoms with van der Waals surface area (Å²) in [5.41, 5.74) is 2.93. The van der Waals surface area contributed by atoms with Crippen molar-refractivity contribution in [2.24, 2.45) is 11.8 Å².